The van der Waals surface area contributed by atoms with E-state index in [-0.39, 0.29) is 69.4 Å². The van der Waals surface area contributed by atoms with Crippen LogP contribution in [0.4, 0.5) is 0 Å². The second-order valence-electron chi connectivity index (χ2n) is 22.3. The Kier molecular flexibility index (Phi) is 69.8. The van der Waals surface area contributed by atoms with Crippen LogP contribution in [0.15, 0.2) is 0 Å². The van der Waals surface area contributed by atoms with Crippen molar-refractivity contribution in [1.29, 1.82) is 0 Å². The SMILES string of the molecule is CCC(C(C)=O)C(=O)[O-].CCC(C(C)=O)C(=O)[O-].CCC(C(C)=O)C(=O)[O-].CCCCCCC(CCCCCC)(C(C)=O)C(=O)[O-].CCCCCCC(CCCCCC)(C(C)=O)C(=O)[O-].CCCCCCC(CCCCCC)(C(C)=O)C(=O)[O-].[Al+3].[Al+3]. The maximum absolute atomic E-state index is 11.8. The van der Waals surface area contributed by atoms with Gasteiger partial charge in [0.15, 0.2) is 0 Å². The Bertz CT molecular complexity index is 1550. The van der Waals surface area contributed by atoms with Crippen molar-refractivity contribution in [2.75, 3.05) is 0 Å². The first-order valence-electron chi connectivity index (χ1n) is 31.6. The molecule has 0 rings (SSSR count). The minimum atomic E-state index is -1.27. The van der Waals surface area contributed by atoms with Crippen molar-refractivity contribution in [3.8, 4) is 0 Å². The zero-order valence-electron chi connectivity index (χ0n) is 56.1. The molecular formula is C66H114Al2O18. The molecule has 86 heavy (non-hydrogen) atoms. The second-order valence-corrected chi connectivity index (χ2v) is 22.3. The third-order valence-corrected chi connectivity index (χ3v) is 15.5. The summed E-state index contributed by atoms with van der Waals surface area (Å²) in [4.78, 5) is 131. The van der Waals surface area contributed by atoms with Gasteiger partial charge in [0.25, 0.3) is 0 Å². The average molecular weight is 1250 g/mol. The summed E-state index contributed by atoms with van der Waals surface area (Å²) in [6, 6.07) is 0. The van der Waals surface area contributed by atoms with E-state index in [0.717, 1.165) is 154 Å². The second kappa shape index (κ2) is 61.2. The number of hydrogen-bond donors (Lipinski definition) is 0. The predicted molar refractivity (Wildman–Crippen MR) is 327 cm³/mol. The van der Waals surface area contributed by atoms with E-state index in [2.05, 4.69) is 41.5 Å². The van der Waals surface area contributed by atoms with E-state index in [1.165, 1.54) is 41.5 Å². The van der Waals surface area contributed by atoms with Crippen LogP contribution in [0, 0.1) is 34.0 Å². The van der Waals surface area contributed by atoms with Crippen LogP contribution in [0.3, 0.4) is 0 Å². The Morgan fingerprint density at radius 3 is 0.453 bits per heavy atom. The van der Waals surface area contributed by atoms with Gasteiger partial charge in [-0.25, -0.2) is 0 Å². The summed E-state index contributed by atoms with van der Waals surface area (Å²) in [5.41, 5.74) is -3.70. The van der Waals surface area contributed by atoms with E-state index in [9.17, 15) is 88.2 Å². The number of aliphatic carboxylic acids is 6. The van der Waals surface area contributed by atoms with Gasteiger partial charge in [-0.05, 0) is 99.3 Å². The van der Waals surface area contributed by atoms with Gasteiger partial charge >= 0.3 is 34.7 Å². The zero-order valence-corrected chi connectivity index (χ0v) is 58.4. The third kappa shape index (κ3) is 46.1. The number of ketones is 6. The van der Waals surface area contributed by atoms with Gasteiger partial charge in [-0.3, -0.25) is 28.8 Å². The molecule has 0 saturated carbocycles. The van der Waals surface area contributed by atoms with Crippen LogP contribution in [0.5, 0.6) is 0 Å². The fourth-order valence-corrected chi connectivity index (χ4v) is 9.46. The van der Waals surface area contributed by atoms with Crippen LogP contribution in [-0.2, 0) is 57.5 Å². The maximum Gasteiger partial charge on any atom is 3.00 e. The van der Waals surface area contributed by atoms with Gasteiger partial charge in [-0.2, -0.15) is 0 Å². The Hall–Kier alpha value is -4.10. The van der Waals surface area contributed by atoms with Gasteiger partial charge in [0.1, 0.15) is 34.7 Å². The number of carboxylic acids is 6. The Morgan fingerprint density at radius 1 is 0.256 bits per heavy atom. The first-order valence-corrected chi connectivity index (χ1v) is 31.6. The molecule has 0 amide bonds. The van der Waals surface area contributed by atoms with Crippen molar-refractivity contribution in [1.82, 2.24) is 0 Å². The first kappa shape index (κ1) is 98.2. The molecule has 20 heteroatoms. The zero-order chi connectivity index (χ0) is 66.5. The fraction of sp³-hybridized carbons (Fsp3) is 0.818. The van der Waals surface area contributed by atoms with Gasteiger partial charge in [-0.1, -0.05) is 216 Å². The molecule has 3 atom stereocenters. The topological polar surface area (TPSA) is 343 Å². The summed E-state index contributed by atoms with van der Waals surface area (Å²) in [5.74, 6) is -11.8. The Labute approximate surface area is 540 Å². The van der Waals surface area contributed by atoms with Crippen LogP contribution >= 0.6 is 0 Å². The molecule has 0 aromatic rings. The number of rotatable bonds is 45. The standard InChI is InChI=1S/3C16H30O3.3C6H10O3.2Al/c3*1-4-6-8-10-12-16(14(3)17,15(18)19)13-11-9-7-5-2;3*1-3-5(4(2)7)6(8)9;;/h3*4-13H2,1-3H3,(H,18,19);3*5H,3H2,1-2H3,(H,8,9);;/q;;;;;;2*+3/p-6. The molecule has 18 nitrogen and oxygen atoms in total. The van der Waals surface area contributed by atoms with E-state index in [1.54, 1.807) is 20.8 Å². The van der Waals surface area contributed by atoms with Crippen molar-refractivity contribution in [2.24, 2.45) is 34.0 Å². The van der Waals surface area contributed by atoms with Gasteiger partial charge in [-0.15, -0.1) is 0 Å². The summed E-state index contributed by atoms with van der Waals surface area (Å²) in [5, 5.41) is 64.5. The summed E-state index contributed by atoms with van der Waals surface area (Å²) in [6.45, 7) is 25.6. The van der Waals surface area contributed by atoms with E-state index in [0.29, 0.717) is 57.8 Å². The molecule has 0 bridgehead atoms. The van der Waals surface area contributed by atoms with Crippen molar-refractivity contribution >= 4 is 105 Å². The number of carboxylic acid groups (broad SMARTS) is 6. The largest absolute Gasteiger partial charge is 3.00 e. The summed E-state index contributed by atoms with van der Waals surface area (Å²) < 4.78 is 0. The van der Waals surface area contributed by atoms with Crippen LogP contribution in [0.25, 0.3) is 0 Å². The summed E-state index contributed by atoms with van der Waals surface area (Å²) in [6.07, 6.45) is 27.6. The molecule has 0 spiro atoms. The van der Waals surface area contributed by atoms with Crippen molar-refractivity contribution in [3.05, 3.63) is 0 Å². The van der Waals surface area contributed by atoms with Gasteiger partial charge < -0.3 is 59.4 Å². The molecule has 0 aromatic heterocycles. The van der Waals surface area contributed by atoms with E-state index in [4.69, 9.17) is 0 Å². The van der Waals surface area contributed by atoms with Crippen molar-refractivity contribution < 1.29 is 88.2 Å². The molecule has 0 N–H and O–H groups in total. The number of hydrogen-bond acceptors (Lipinski definition) is 18. The average Bonchev–Trinajstić information content (AvgIpc) is 3.62. The molecule has 0 aliphatic heterocycles. The van der Waals surface area contributed by atoms with E-state index >= 15 is 0 Å². The van der Waals surface area contributed by atoms with Crippen LogP contribution in [-0.4, -0.2) is 105 Å². The van der Waals surface area contributed by atoms with Crippen molar-refractivity contribution in [2.45, 2.75) is 316 Å². The summed E-state index contributed by atoms with van der Waals surface area (Å²) in [7, 11) is 0. The monoisotopic (exact) mass is 1250 g/mol. The predicted octanol–water partition coefficient (Wildman–Crippen LogP) is 7.05. The molecule has 0 radical (unpaired) electrons. The minimum Gasteiger partial charge on any atom is -0.549 e. The van der Waals surface area contributed by atoms with Crippen molar-refractivity contribution in [3.63, 3.8) is 0 Å². The maximum atomic E-state index is 11.8. The number of Topliss-reactive ketones (excluding diaryl/α,β-unsaturated/α-hetero) is 6. The molecule has 492 valence electrons. The quantitative estimate of drug-likeness (QED) is 0.0335. The molecule has 0 aliphatic rings. The molecule has 0 aromatic carbocycles. The van der Waals surface area contributed by atoms with Crippen LogP contribution in [0.2, 0.25) is 0 Å². The number of carbonyl (C=O) groups is 12. The summed E-state index contributed by atoms with van der Waals surface area (Å²) >= 11 is 0. The first-order chi connectivity index (χ1) is 39.3. The fourth-order valence-electron chi connectivity index (χ4n) is 9.46. The smallest absolute Gasteiger partial charge is 0.549 e. The van der Waals surface area contributed by atoms with Crippen LogP contribution < -0.4 is 30.6 Å². The normalized spacial score (nSPS) is 11.6. The van der Waals surface area contributed by atoms with E-state index < -0.39 is 69.8 Å². The Balaban J connectivity index is -0.000000145. The number of unbranched alkanes of at least 4 members (excludes halogenated alkanes) is 18. The Morgan fingerprint density at radius 2 is 0.395 bits per heavy atom. The molecule has 0 saturated heterocycles. The van der Waals surface area contributed by atoms with Gasteiger partial charge in [0.05, 0.1) is 69.8 Å². The molecule has 0 heterocycles. The van der Waals surface area contributed by atoms with E-state index in [1.807, 2.05) is 0 Å². The van der Waals surface area contributed by atoms with Gasteiger partial charge in [0, 0.05) is 0 Å². The third-order valence-electron chi connectivity index (χ3n) is 15.5. The molecule has 0 aliphatic carbocycles. The molecule has 0 fully saturated rings. The number of carbonyl (C=O) groups excluding carboxylic acids is 12. The molecular weight excluding hydrogens is 1130 g/mol. The minimum absolute atomic E-state index is 0. The van der Waals surface area contributed by atoms with Crippen LogP contribution in [0.1, 0.15) is 316 Å². The van der Waals surface area contributed by atoms with Gasteiger partial charge in [0.2, 0.25) is 0 Å². The molecule has 3 unspecified atom stereocenters.